The molecule has 1 unspecified atom stereocenters. The Morgan fingerprint density at radius 1 is 1.36 bits per heavy atom. The Hall–Kier alpha value is -2.40. The summed E-state index contributed by atoms with van der Waals surface area (Å²) in [4.78, 5) is 20.8. The molecule has 0 aliphatic heterocycles. The molecule has 130 valence electrons. The summed E-state index contributed by atoms with van der Waals surface area (Å²) < 4.78 is 2.31. The van der Waals surface area contributed by atoms with E-state index in [1.807, 2.05) is 19.1 Å². The molecule has 0 saturated heterocycles. The van der Waals surface area contributed by atoms with Crippen molar-refractivity contribution in [1.82, 2.24) is 14.5 Å². The zero-order valence-electron chi connectivity index (χ0n) is 14.6. The summed E-state index contributed by atoms with van der Waals surface area (Å²) >= 11 is 0. The number of carbonyl (C=O) groups excluding carboxylic acids is 1. The van der Waals surface area contributed by atoms with E-state index in [9.17, 15) is 4.79 Å². The van der Waals surface area contributed by atoms with Crippen LogP contribution in [0, 0.1) is 12.8 Å². The minimum absolute atomic E-state index is 0.0169. The van der Waals surface area contributed by atoms with E-state index in [0.717, 1.165) is 60.1 Å². The van der Waals surface area contributed by atoms with E-state index < -0.39 is 0 Å². The van der Waals surface area contributed by atoms with Crippen LogP contribution in [0.5, 0.6) is 0 Å². The fraction of sp³-hybridized carbons (Fsp3) is 0.400. The smallest absolute Gasteiger partial charge is 0.168 e. The molecule has 0 saturated carbocycles. The summed E-state index contributed by atoms with van der Waals surface area (Å²) in [6.45, 7) is 3.55. The Kier molecular flexibility index (Phi) is 4.17. The van der Waals surface area contributed by atoms with E-state index in [2.05, 4.69) is 26.7 Å². The molecule has 3 N–H and O–H groups in total. The first-order chi connectivity index (χ1) is 12.2. The molecule has 1 aliphatic carbocycles. The molecule has 5 nitrogen and oxygen atoms in total. The lowest BCUT2D eigenvalue weighted by Gasteiger charge is -2.22. The van der Waals surface area contributed by atoms with Crippen LogP contribution in [0.25, 0.3) is 10.9 Å². The summed E-state index contributed by atoms with van der Waals surface area (Å²) in [5.74, 6) is 0.287. The highest BCUT2D eigenvalue weighted by Crippen LogP contribution is 2.35. The minimum Gasteiger partial charge on any atom is -0.348 e. The number of imidazole rings is 1. The Morgan fingerprint density at radius 2 is 2.20 bits per heavy atom. The molecule has 5 heteroatoms. The summed E-state index contributed by atoms with van der Waals surface area (Å²) in [7, 11) is 0. The van der Waals surface area contributed by atoms with Crippen LogP contribution in [0.15, 0.2) is 30.6 Å². The van der Waals surface area contributed by atoms with Crippen molar-refractivity contribution >= 4 is 16.7 Å². The van der Waals surface area contributed by atoms with Crippen LogP contribution in [0.4, 0.5) is 0 Å². The molecule has 25 heavy (non-hydrogen) atoms. The van der Waals surface area contributed by atoms with Gasteiger partial charge < -0.3 is 15.3 Å². The zero-order chi connectivity index (χ0) is 17.4. The summed E-state index contributed by atoms with van der Waals surface area (Å²) in [6, 6.07) is 8.25. The number of aromatic amines is 1. The summed E-state index contributed by atoms with van der Waals surface area (Å²) in [6.07, 6.45) is 5.18. The lowest BCUT2D eigenvalue weighted by atomic mass is 9.82. The normalized spacial score (nSPS) is 17.2. The van der Waals surface area contributed by atoms with Gasteiger partial charge in [0.2, 0.25) is 0 Å². The molecule has 2 aromatic heterocycles. The zero-order valence-corrected chi connectivity index (χ0v) is 14.6. The number of ketones is 1. The largest absolute Gasteiger partial charge is 0.348 e. The topological polar surface area (TPSA) is 76.7 Å². The molecular weight excluding hydrogens is 312 g/mol. The Morgan fingerprint density at radius 3 is 2.96 bits per heavy atom. The molecule has 0 spiro atoms. The molecule has 1 atom stereocenters. The molecule has 1 aromatic carbocycles. The quantitative estimate of drug-likeness (QED) is 0.752. The Bertz CT molecular complexity index is 921. The molecule has 0 bridgehead atoms. The van der Waals surface area contributed by atoms with Crippen LogP contribution in [0.3, 0.4) is 0 Å². The van der Waals surface area contributed by atoms with Gasteiger partial charge in [0.15, 0.2) is 5.78 Å². The van der Waals surface area contributed by atoms with Crippen molar-refractivity contribution in [3.63, 3.8) is 0 Å². The van der Waals surface area contributed by atoms with Gasteiger partial charge in [-0.15, -0.1) is 0 Å². The number of benzene rings is 1. The highest BCUT2D eigenvalue weighted by Gasteiger charge is 2.33. The van der Waals surface area contributed by atoms with Crippen molar-refractivity contribution in [1.29, 1.82) is 0 Å². The van der Waals surface area contributed by atoms with Crippen LogP contribution < -0.4 is 5.73 Å². The van der Waals surface area contributed by atoms with Crippen molar-refractivity contribution in [3.8, 4) is 0 Å². The van der Waals surface area contributed by atoms with E-state index in [4.69, 9.17) is 5.73 Å². The van der Waals surface area contributed by atoms with Crippen molar-refractivity contribution in [2.75, 3.05) is 6.54 Å². The number of rotatable bonds is 5. The van der Waals surface area contributed by atoms with Crippen LogP contribution in [-0.4, -0.2) is 26.9 Å². The summed E-state index contributed by atoms with van der Waals surface area (Å²) in [5, 5.41) is 1.09. The summed E-state index contributed by atoms with van der Waals surface area (Å²) in [5.41, 5.74) is 11.1. The maximum Gasteiger partial charge on any atom is 0.168 e. The van der Waals surface area contributed by atoms with Crippen molar-refractivity contribution in [2.24, 2.45) is 11.7 Å². The van der Waals surface area contributed by atoms with Gasteiger partial charge in [-0.3, -0.25) is 4.79 Å². The van der Waals surface area contributed by atoms with Gasteiger partial charge >= 0.3 is 0 Å². The average molecular weight is 336 g/mol. The second kappa shape index (κ2) is 6.48. The first-order valence-electron chi connectivity index (χ1n) is 9.04. The van der Waals surface area contributed by atoms with Gasteiger partial charge in [0.05, 0.1) is 12.0 Å². The average Bonchev–Trinajstić information content (AvgIpc) is 3.17. The van der Waals surface area contributed by atoms with Crippen molar-refractivity contribution < 1.29 is 4.79 Å². The number of Topliss-reactive ketones (excluding diaryl/α,β-unsaturated/α-hetero) is 1. The van der Waals surface area contributed by atoms with Gasteiger partial charge in [-0.05, 0) is 38.8 Å². The lowest BCUT2D eigenvalue weighted by molar-refractivity contribution is 0.0901. The molecule has 4 rings (SSSR count). The third-order valence-corrected chi connectivity index (χ3v) is 5.39. The van der Waals surface area contributed by atoms with Crippen molar-refractivity contribution in [3.05, 3.63) is 53.2 Å². The standard InChI is InChI=1S/C20H24N4O/c1-13-16(23-12-22-13)11-14-7-8-18-19(20(14)25)15-5-2-3-6-17(15)24(18)10-4-9-21/h2-3,5-6,12,14H,4,7-11,21H2,1H3,(H,22,23). The number of para-hydroxylation sites is 1. The number of nitrogens with zero attached hydrogens (tertiary/aromatic N) is 2. The van der Waals surface area contributed by atoms with E-state index in [1.165, 1.54) is 5.69 Å². The van der Waals surface area contributed by atoms with Gasteiger partial charge in [0, 0.05) is 46.7 Å². The SMILES string of the molecule is Cc1[nH]cnc1CC1CCc2c(c3ccccc3n2CCCN)C1=O. The van der Waals surface area contributed by atoms with Crippen LogP contribution >= 0.6 is 0 Å². The number of H-pyrrole nitrogens is 1. The van der Waals surface area contributed by atoms with E-state index in [-0.39, 0.29) is 11.7 Å². The maximum absolute atomic E-state index is 13.3. The molecular formula is C20H24N4O. The number of fused-ring (bicyclic) bond motifs is 3. The van der Waals surface area contributed by atoms with E-state index in [1.54, 1.807) is 6.33 Å². The fourth-order valence-corrected chi connectivity index (χ4v) is 4.06. The number of carbonyl (C=O) groups is 1. The minimum atomic E-state index is 0.0169. The van der Waals surface area contributed by atoms with Crippen LogP contribution in [0.2, 0.25) is 0 Å². The molecule has 1 aliphatic rings. The number of aromatic nitrogens is 3. The van der Waals surface area contributed by atoms with Crippen molar-refractivity contribution in [2.45, 2.75) is 39.2 Å². The van der Waals surface area contributed by atoms with Gasteiger partial charge in [-0.1, -0.05) is 18.2 Å². The Labute approximate surface area is 147 Å². The van der Waals surface area contributed by atoms with Gasteiger partial charge in [0.25, 0.3) is 0 Å². The maximum atomic E-state index is 13.3. The molecule has 0 fully saturated rings. The third-order valence-electron chi connectivity index (χ3n) is 5.39. The number of hydrogen-bond donors (Lipinski definition) is 2. The molecule has 0 radical (unpaired) electrons. The molecule has 2 heterocycles. The number of aryl methyl sites for hydroxylation is 2. The predicted octanol–water partition coefficient (Wildman–Crippen LogP) is 3.01. The van der Waals surface area contributed by atoms with E-state index >= 15 is 0 Å². The number of hydrogen-bond acceptors (Lipinski definition) is 3. The Balaban J connectivity index is 1.74. The first kappa shape index (κ1) is 16.1. The van der Waals surface area contributed by atoms with Crippen LogP contribution in [-0.2, 0) is 19.4 Å². The second-order valence-corrected chi connectivity index (χ2v) is 6.91. The monoisotopic (exact) mass is 336 g/mol. The third kappa shape index (κ3) is 2.68. The van der Waals surface area contributed by atoms with E-state index in [0.29, 0.717) is 6.54 Å². The number of nitrogens with one attached hydrogen (secondary N) is 1. The second-order valence-electron chi connectivity index (χ2n) is 6.91. The predicted molar refractivity (Wildman–Crippen MR) is 98.8 cm³/mol. The highest BCUT2D eigenvalue weighted by molar-refractivity contribution is 6.11. The van der Waals surface area contributed by atoms with Gasteiger partial charge in [0.1, 0.15) is 0 Å². The van der Waals surface area contributed by atoms with Gasteiger partial charge in [-0.2, -0.15) is 0 Å². The van der Waals surface area contributed by atoms with Gasteiger partial charge in [-0.25, -0.2) is 4.98 Å². The molecule has 0 amide bonds. The fourth-order valence-electron chi connectivity index (χ4n) is 4.06. The lowest BCUT2D eigenvalue weighted by Crippen LogP contribution is -2.25. The first-order valence-corrected chi connectivity index (χ1v) is 9.04. The highest BCUT2D eigenvalue weighted by atomic mass is 16.1. The van der Waals surface area contributed by atoms with Crippen LogP contribution in [0.1, 0.15) is 40.3 Å². The molecule has 3 aromatic rings. The number of nitrogens with two attached hydrogens (primary N) is 1.